The number of rotatable bonds is 4. The normalized spacial score (nSPS) is 13.3. The van der Waals surface area contributed by atoms with E-state index in [1.54, 1.807) is 0 Å². The summed E-state index contributed by atoms with van der Waals surface area (Å²) in [6.45, 7) is 3.90. The molecule has 0 spiro atoms. The first kappa shape index (κ1) is 18.9. The molecule has 1 N–H and O–H groups in total. The van der Waals surface area contributed by atoms with Crippen molar-refractivity contribution in [2.45, 2.75) is 25.8 Å². The van der Waals surface area contributed by atoms with E-state index in [1.165, 1.54) is 7.11 Å². The van der Waals surface area contributed by atoms with Gasteiger partial charge in [-0.1, -0.05) is 65.7 Å². The Kier molecular flexibility index (Phi) is 4.93. The number of hydrogen-bond acceptors (Lipinski definition) is 3. The van der Waals surface area contributed by atoms with Crippen LogP contribution in [0.4, 0.5) is 0 Å². The molecular weight excluding hydrogens is 362 g/mol. The molecule has 0 unspecified atom stereocenters. The second-order valence-electron chi connectivity index (χ2n) is 7.50. The monoisotopic (exact) mass is 385 g/mol. The van der Waals surface area contributed by atoms with Gasteiger partial charge in [0.15, 0.2) is 0 Å². The molecule has 4 rings (SSSR count). The van der Waals surface area contributed by atoms with Crippen LogP contribution in [0.15, 0.2) is 66.7 Å². The first-order valence-corrected chi connectivity index (χ1v) is 9.65. The van der Waals surface area contributed by atoms with Crippen LogP contribution in [0.25, 0.3) is 11.1 Å². The molecule has 0 saturated heterocycles. The lowest BCUT2D eigenvalue weighted by molar-refractivity contribution is -0.143. The number of fused-ring (bicyclic) bond motifs is 3. The molecule has 0 aromatic heterocycles. The summed E-state index contributed by atoms with van der Waals surface area (Å²) in [5.74, 6) is -1.04. The molecule has 146 valence electrons. The number of amides is 1. The van der Waals surface area contributed by atoms with E-state index < -0.39 is 12.0 Å². The van der Waals surface area contributed by atoms with Crippen molar-refractivity contribution in [1.29, 1.82) is 0 Å². The van der Waals surface area contributed by atoms with Gasteiger partial charge in [-0.2, -0.15) is 0 Å². The number of methoxy groups -OCH3 is 1. The Bertz CT molecular complexity index is 1040. The zero-order valence-electron chi connectivity index (χ0n) is 16.7. The maximum atomic E-state index is 13.0. The largest absolute Gasteiger partial charge is 0.467 e. The topological polar surface area (TPSA) is 55.4 Å². The average molecular weight is 385 g/mol. The van der Waals surface area contributed by atoms with Crippen LogP contribution in [0, 0.1) is 13.8 Å². The van der Waals surface area contributed by atoms with Gasteiger partial charge in [0.2, 0.25) is 0 Å². The van der Waals surface area contributed by atoms with Crippen LogP contribution in [0.1, 0.15) is 38.5 Å². The third-order valence-electron chi connectivity index (χ3n) is 5.44. The van der Waals surface area contributed by atoms with Crippen molar-refractivity contribution in [1.82, 2.24) is 5.32 Å². The Morgan fingerprint density at radius 2 is 1.38 bits per heavy atom. The molecular formula is C25H23NO3. The molecule has 1 aliphatic rings. The zero-order chi connectivity index (χ0) is 20.5. The van der Waals surface area contributed by atoms with Gasteiger partial charge in [-0.3, -0.25) is 4.79 Å². The Hall–Kier alpha value is -3.40. The van der Waals surface area contributed by atoms with Gasteiger partial charge >= 0.3 is 5.97 Å². The molecule has 0 radical (unpaired) electrons. The fourth-order valence-corrected chi connectivity index (χ4v) is 4.29. The van der Waals surface area contributed by atoms with Gasteiger partial charge in [-0.15, -0.1) is 0 Å². The lowest BCUT2D eigenvalue weighted by Crippen LogP contribution is -2.45. The predicted molar refractivity (Wildman–Crippen MR) is 113 cm³/mol. The second-order valence-corrected chi connectivity index (χ2v) is 7.50. The summed E-state index contributed by atoms with van der Waals surface area (Å²) in [4.78, 5) is 25.8. The molecule has 0 fully saturated rings. The Labute approximate surface area is 170 Å². The molecule has 1 aliphatic carbocycles. The maximum absolute atomic E-state index is 13.0. The first-order chi connectivity index (χ1) is 14.0. The highest BCUT2D eigenvalue weighted by atomic mass is 16.5. The minimum Gasteiger partial charge on any atom is -0.467 e. The number of hydrogen-bond donors (Lipinski definition) is 1. The van der Waals surface area contributed by atoms with Crippen LogP contribution in [0.2, 0.25) is 0 Å². The standard InChI is InChI=1S/C25H23NO3/c1-15-12-16(2)14-17(13-15)24(27)26-23(25(28)29-3)22-20-10-6-4-8-18(20)19-9-5-7-11-21(19)22/h4-14,22-23H,1-3H3,(H,26,27)/t23-/m1/s1. The van der Waals surface area contributed by atoms with Crippen molar-refractivity contribution in [2.24, 2.45) is 0 Å². The van der Waals surface area contributed by atoms with Crippen LogP contribution >= 0.6 is 0 Å². The maximum Gasteiger partial charge on any atom is 0.329 e. The summed E-state index contributed by atoms with van der Waals surface area (Å²) >= 11 is 0. The Morgan fingerprint density at radius 3 is 1.90 bits per heavy atom. The highest BCUT2D eigenvalue weighted by Crippen LogP contribution is 2.46. The molecule has 3 aromatic rings. The summed E-state index contributed by atoms with van der Waals surface area (Å²) in [5.41, 5.74) is 6.75. The smallest absolute Gasteiger partial charge is 0.329 e. The van der Waals surface area contributed by atoms with E-state index in [1.807, 2.05) is 80.6 Å². The fraction of sp³-hybridized carbons (Fsp3) is 0.200. The lowest BCUT2D eigenvalue weighted by atomic mass is 9.89. The van der Waals surface area contributed by atoms with Crippen molar-refractivity contribution >= 4 is 11.9 Å². The highest BCUT2D eigenvalue weighted by molar-refractivity contribution is 5.98. The van der Waals surface area contributed by atoms with Crippen LogP contribution in [0.3, 0.4) is 0 Å². The van der Waals surface area contributed by atoms with E-state index in [2.05, 4.69) is 5.32 Å². The zero-order valence-corrected chi connectivity index (χ0v) is 16.7. The highest BCUT2D eigenvalue weighted by Gasteiger charge is 2.39. The number of nitrogens with one attached hydrogen (secondary N) is 1. The molecule has 1 amide bonds. The third-order valence-corrected chi connectivity index (χ3v) is 5.44. The molecule has 4 heteroatoms. The molecule has 3 aromatic carbocycles. The van der Waals surface area contributed by atoms with Crippen LogP contribution < -0.4 is 5.32 Å². The van der Waals surface area contributed by atoms with Gasteiger partial charge in [0.1, 0.15) is 6.04 Å². The van der Waals surface area contributed by atoms with Crippen molar-refractivity contribution in [3.8, 4) is 11.1 Å². The van der Waals surface area contributed by atoms with Crippen molar-refractivity contribution in [3.63, 3.8) is 0 Å². The van der Waals surface area contributed by atoms with Crippen molar-refractivity contribution < 1.29 is 14.3 Å². The number of carbonyl (C=O) groups excluding carboxylic acids is 2. The number of carbonyl (C=O) groups is 2. The minimum atomic E-state index is -0.821. The van der Waals surface area contributed by atoms with E-state index in [4.69, 9.17) is 4.74 Å². The van der Waals surface area contributed by atoms with Gasteiger partial charge in [0.05, 0.1) is 7.11 Å². The van der Waals surface area contributed by atoms with Crippen LogP contribution in [-0.2, 0) is 9.53 Å². The lowest BCUT2D eigenvalue weighted by Gasteiger charge is -2.24. The van der Waals surface area contributed by atoms with Gasteiger partial charge < -0.3 is 10.1 Å². The van der Waals surface area contributed by atoms with Gasteiger partial charge in [0.25, 0.3) is 5.91 Å². The molecule has 0 saturated carbocycles. The molecule has 1 atom stereocenters. The van der Waals surface area contributed by atoms with Gasteiger partial charge in [-0.25, -0.2) is 4.79 Å². The quantitative estimate of drug-likeness (QED) is 0.678. The fourth-order valence-electron chi connectivity index (χ4n) is 4.29. The summed E-state index contributed by atoms with van der Waals surface area (Å²) < 4.78 is 5.09. The van der Waals surface area contributed by atoms with Gasteiger partial charge in [0, 0.05) is 11.5 Å². The first-order valence-electron chi connectivity index (χ1n) is 9.65. The second kappa shape index (κ2) is 7.55. The van der Waals surface area contributed by atoms with E-state index in [0.717, 1.165) is 33.4 Å². The molecule has 0 heterocycles. The Morgan fingerprint density at radius 1 is 0.862 bits per heavy atom. The van der Waals surface area contributed by atoms with Gasteiger partial charge in [-0.05, 0) is 48.2 Å². The molecule has 0 aliphatic heterocycles. The van der Waals surface area contributed by atoms with E-state index in [0.29, 0.717) is 5.56 Å². The summed E-state index contributed by atoms with van der Waals surface area (Å²) in [6, 6.07) is 20.9. The number of aryl methyl sites for hydroxylation is 2. The van der Waals surface area contributed by atoms with Crippen LogP contribution in [0.5, 0.6) is 0 Å². The summed E-state index contributed by atoms with van der Waals surface area (Å²) in [7, 11) is 1.35. The average Bonchev–Trinajstić information content (AvgIpc) is 3.05. The summed E-state index contributed by atoms with van der Waals surface area (Å²) in [6.07, 6.45) is 0. The van der Waals surface area contributed by atoms with E-state index in [-0.39, 0.29) is 11.8 Å². The number of benzene rings is 3. The predicted octanol–water partition coefficient (Wildman–Crippen LogP) is 4.39. The number of esters is 1. The SMILES string of the molecule is COC(=O)[C@H](NC(=O)c1cc(C)cc(C)c1)C1c2ccccc2-c2ccccc21. The number of ether oxygens (including phenoxy) is 1. The van der Waals surface area contributed by atoms with Crippen molar-refractivity contribution in [3.05, 3.63) is 94.5 Å². The third kappa shape index (κ3) is 3.42. The molecule has 4 nitrogen and oxygen atoms in total. The van der Waals surface area contributed by atoms with E-state index >= 15 is 0 Å². The molecule has 0 bridgehead atoms. The molecule has 29 heavy (non-hydrogen) atoms. The summed E-state index contributed by atoms with van der Waals surface area (Å²) in [5, 5.41) is 2.95. The van der Waals surface area contributed by atoms with Crippen molar-refractivity contribution in [2.75, 3.05) is 7.11 Å². The Balaban J connectivity index is 1.76. The minimum absolute atomic E-state index is 0.283. The van der Waals surface area contributed by atoms with Crippen LogP contribution in [-0.4, -0.2) is 25.0 Å². The van der Waals surface area contributed by atoms with E-state index in [9.17, 15) is 9.59 Å².